The van der Waals surface area contributed by atoms with Gasteiger partial charge in [0.15, 0.2) is 11.5 Å². The normalized spacial score (nSPS) is 16.1. The Balaban J connectivity index is 2.20. The van der Waals surface area contributed by atoms with E-state index in [9.17, 15) is 4.79 Å². The Morgan fingerprint density at radius 3 is 2.76 bits per heavy atom. The number of carbonyl (C=O) groups is 1. The van der Waals surface area contributed by atoms with Crippen LogP contribution in [0.25, 0.3) is 0 Å². The predicted molar refractivity (Wildman–Crippen MR) is 62.9 cm³/mol. The van der Waals surface area contributed by atoms with E-state index in [-0.39, 0.29) is 6.42 Å². The number of alkyl halides is 1. The van der Waals surface area contributed by atoms with Gasteiger partial charge in [0.2, 0.25) is 0 Å². The second kappa shape index (κ2) is 5.27. The maximum atomic E-state index is 10.6. The number of halogens is 1. The molecule has 1 N–H and O–H groups in total. The molecule has 92 valence electrons. The van der Waals surface area contributed by atoms with E-state index in [1.807, 2.05) is 0 Å². The number of aliphatic carboxylic acids is 1. The number of hydrogen-bond acceptors (Lipinski definition) is 3. The van der Waals surface area contributed by atoms with Crippen LogP contribution in [0.5, 0.6) is 11.5 Å². The van der Waals surface area contributed by atoms with Crippen LogP contribution in [0, 0.1) is 0 Å². The maximum Gasteiger partial charge on any atom is 0.305 e. The summed E-state index contributed by atoms with van der Waals surface area (Å²) in [5, 5.41) is 8.14. The zero-order valence-corrected chi connectivity index (χ0v) is 9.94. The Kier molecular flexibility index (Phi) is 3.74. The summed E-state index contributed by atoms with van der Waals surface area (Å²) in [5.41, 5.74) is 0.735. The molecular weight excluding hydrogens is 244 g/mol. The van der Waals surface area contributed by atoms with Gasteiger partial charge in [0.1, 0.15) is 0 Å². The molecule has 1 aliphatic rings. The summed E-state index contributed by atoms with van der Waals surface area (Å²) in [6.07, 6.45) is 0.727. The molecule has 1 atom stereocenters. The van der Waals surface area contributed by atoms with Crippen molar-refractivity contribution in [2.45, 2.75) is 18.2 Å². The second-order valence-electron chi connectivity index (χ2n) is 3.82. The highest BCUT2D eigenvalue weighted by atomic mass is 35.5. The van der Waals surface area contributed by atoms with Crippen molar-refractivity contribution in [2.24, 2.45) is 0 Å². The number of carboxylic acids is 1. The lowest BCUT2D eigenvalue weighted by Gasteiger charge is -2.11. The van der Waals surface area contributed by atoms with Crippen molar-refractivity contribution in [3.8, 4) is 11.5 Å². The molecule has 0 bridgehead atoms. The Bertz CT molecular complexity index is 419. The van der Waals surface area contributed by atoms with Gasteiger partial charge in [-0.25, -0.2) is 0 Å². The van der Waals surface area contributed by atoms with E-state index in [4.69, 9.17) is 26.2 Å². The minimum atomic E-state index is -0.919. The summed E-state index contributed by atoms with van der Waals surface area (Å²) in [6.45, 7) is 1.23. The molecular formula is C12H13ClO4. The standard InChI is InChI=1S/C12H13ClO4/c13-9(7-12(14)15)8-2-3-10-11(6-8)17-5-1-4-16-10/h2-3,6,9H,1,4-5,7H2,(H,14,15). The lowest BCUT2D eigenvalue weighted by molar-refractivity contribution is -0.137. The molecule has 1 aromatic rings. The molecule has 0 aromatic heterocycles. The molecule has 0 radical (unpaired) electrons. The van der Waals surface area contributed by atoms with E-state index >= 15 is 0 Å². The SMILES string of the molecule is O=C(O)CC(Cl)c1ccc2c(c1)OCCCO2. The third-order valence-electron chi connectivity index (χ3n) is 2.49. The topological polar surface area (TPSA) is 55.8 Å². The summed E-state index contributed by atoms with van der Waals surface area (Å²) in [7, 11) is 0. The van der Waals surface area contributed by atoms with Gasteiger partial charge in [-0.05, 0) is 17.7 Å². The van der Waals surface area contributed by atoms with Crippen molar-refractivity contribution in [2.75, 3.05) is 13.2 Å². The fourth-order valence-electron chi connectivity index (χ4n) is 1.65. The highest BCUT2D eigenvalue weighted by Crippen LogP contribution is 2.34. The first-order chi connectivity index (χ1) is 8.16. The Morgan fingerprint density at radius 2 is 2.06 bits per heavy atom. The fourth-order valence-corrected chi connectivity index (χ4v) is 1.91. The van der Waals surface area contributed by atoms with E-state index in [1.54, 1.807) is 18.2 Å². The zero-order chi connectivity index (χ0) is 12.3. The third kappa shape index (κ3) is 3.03. The van der Waals surface area contributed by atoms with Gasteiger partial charge in [0.05, 0.1) is 25.0 Å². The zero-order valence-electron chi connectivity index (χ0n) is 9.19. The van der Waals surface area contributed by atoms with E-state index in [2.05, 4.69) is 0 Å². The number of hydrogen-bond donors (Lipinski definition) is 1. The summed E-state index contributed by atoms with van der Waals surface area (Å²) >= 11 is 6.01. The average Bonchev–Trinajstić information content (AvgIpc) is 2.51. The van der Waals surface area contributed by atoms with E-state index in [0.29, 0.717) is 24.7 Å². The van der Waals surface area contributed by atoms with Crippen molar-refractivity contribution in [3.63, 3.8) is 0 Å². The van der Waals surface area contributed by atoms with Gasteiger partial charge in [-0.1, -0.05) is 6.07 Å². The Morgan fingerprint density at radius 1 is 1.35 bits per heavy atom. The lowest BCUT2D eigenvalue weighted by Crippen LogP contribution is -2.01. The molecule has 0 fully saturated rings. The molecule has 1 aromatic carbocycles. The van der Waals surface area contributed by atoms with Crippen molar-refractivity contribution >= 4 is 17.6 Å². The molecule has 0 saturated carbocycles. The number of carboxylic acid groups (broad SMARTS) is 1. The molecule has 0 amide bonds. The molecule has 0 aliphatic carbocycles. The molecule has 0 saturated heterocycles. The van der Waals surface area contributed by atoms with Crippen LogP contribution in [0.15, 0.2) is 18.2 Å². The Labute approximate surface area is 104 Å². The maximum absolute atomic E-state index is 10.6. The number of fused-ring (bicyclic) bond motifs is 1. The first-order valence-corrected chi connectivity index (χ1v) is 5.86. The monoisotopic (exact) mass is 256 g/mol. The minimum Gasteiger partial charge on any atom is -0.490 e. The molecule has 1 aliphatic heterocycles. The molecule has 1 unspecified atom stereocenters. The molecule has 4 nitrogen and oxygen atoms in total. The van der Waals surface area contributed by atoms with Gasteiger partial charge in [-0.3, -0.25) is 4.79 Å². The van der Waals surface area contributed by atoms with Crippen LogP contribution in [0.1, 0.15) is 23.8 Å². The number of rotatable bonds is 3. The molecule has 5 heteroatoms. The quantitative estimate of drug-likeness (QED) is 0.845. The van der Waals surface area contributed by atoms with Gasteiger partial charge < -0.3 is 14.6 Å². The molecule has 2 rings (SSSR count). The van der Waals surface area contributed by atoms with Gasteiger partial charge in [0.25, 0.3) is 0 Å². The van der Waals surface area contributed by atoms with Crippen molar-refractivity contribution in [3.05, 3.63) is 23.8 Å². The lowest BCUT2D eigenvalue weighted by atomic mass is 10.1. The average molecular weight is 257 g/mol. The van der Waals surface area contributed by atoms with Crippen molar-refractivity contribution < 1.29 is 19.4 Å². The smallest absolute Gasteiger partial charge is 0.305 e. The van der Waals surface area contributed by atoms with Crippen molar-refractivity contribution in [1.82, 2.24) is 0 Å². The van der Waals surface area contributed by atoms with Crippen LogP contribution in [0.4, 0.5) is 0 Å². The third-order valence-corrected chi connectivity index (χ3v) is 2.89. The van der Waals surface area contributed by atoms with Gasteiger partial charge in [-0.2, -0.15) is 0 Å². The highest BCUT2D eigenvalue weighted by Gasteiger charge is 2.16. The first kappa shape index (κ1) is 12.0. The van der Waals surface area contributed by atoms with Crippen LogP contribution in [-0.4, -0.2) is 24.3 Å². The summed E-state index contributed by atoms with van der Waals surface area (Å²) < 4.78 is 11.0. The van der Waals surface area contributed by atoms with Gasteiger partial charge >= 0.3 is 5.97 Å². The van der Waals surface area contributed by atoms with Gasteiger partial charge in [0, 0.05) is 6.42 Å². The van der Waals surface area contributed by atoms with Gasteiger partial charge in [-0.15, -0.1) is 11.6 Å². The molecule has 1 heterocycles. The van der Waals surface area contributed by atoms with Crippen LogP contribution < -0.4 is 9.47 Å². The minimum absolute atomic E-state index is 0.110. The van der Waals surface area contributed by atoms with Crippen LogP contribution in [0.2, 0.25) is 0 Å². The largest absolute Gasteiger partial charge is 0.490 e. The fraction of sp³-hybridized carbons (Fsp3) is 0.417. The van der Waals surface area contributed by atoms with Crippen LogP contribution in [0.3, 0.4) is 0 Å². The molecule has 0 spiro atoms. The van der Waals surface area contributed by atoms with E-state index < -0.39 is 11.3 Å². The predicted octanol–water partition coefficient (Wildman–Crippen LogP) is 2.60. The summed E-state index contributed by atoms with van der Waals surface area (Å²) in [4.78, 5) is 10.6. The van der Waals surface area contributed by atoms with E-state index in [1.165, 1.54) is 0 Å². The summed E-state index contributed by atoms with van der Waals surface area (Å²) in [5.74, 6) is 0.401. The number of ether oxygens (including phenoxy) is 2. The van der Waals surface area contributed by atoms with Crippen molar-refractivity contribution in [1.29, 1.82) is 0 Å². The van der Waals surface area contributed by atoms with Crippen LogP contribution in [-0.2, 0) is 4.79 Å². The van der Waals surface area contributed by atoms with Crippen LogP contribution >= 0.6 is 11.6 Å². The summed E-state index contributed by atoms with van der Waals surface area (Å²) in [6, 6.07) is 5.29. The molecule has 17 heavy (non-hydrogen) atoms. The van der Waals surface area contributed by atoms with E-state index in [0.717, 1.165) is 12.0 Å². The second-order valence-corrected chi connectivity index (χ2v) is 4.35. The number of benzene rings is 1. The Hall–Kier alpha value is -1.42. The first-order valence-electron chi connectivity index (χ1n) is 5.42. The highest BCUT2D eigenvalue weighted by molar-refractivity contribution is 6.21.